The molecule has 0 spiro atoms. The second kappa shape index (κ2) is 9.41. The number of carbonyl (C=O) groups excluding carboxylic acids is 3. The smallest absolute Gasteiger partial charge is 0.326 e. The zero-order chi connectivity index (χ0) is 20.1. The largest absolute Gasteiger partial charge is 0.490 e. The number of rotatable bonds is 7. The third-order valence-electron chi connectivity index (χ3n) is 3.68. The fraction of sp³-hybridized carbons (Fsp3) is 0.421. The van der Waals surface area contributed by atoms with Gasteiger partial charge in [-0.1, -0.05) is 13.0 Å². The van der Waals surface area contributed by atoms with Crippen molar-refractivity contribution >= 4 is 50.9 Å². The van der Waals surface area contributed by atoms with Crippen molar-refractivity contribution in [2.75, 3.05) is 6.54 Å². The second-order valence-electron chi connectivity index (χ2n) is 6.33. The highest BCUT2D eigenvalue weighted by Gasteiger charge is 2.36. The fourth-order valence-corrected chi connectivity index (χ4v) is 3.55. The molecule has 1 aromatic carbocycles. The van der Waals surface area contributed by atoms with E-state index in [1.165, 1.54) is 0 Å². The molecule has 1 heterocycles. The Morgan fingerprint density at radius 2 is 2.00 bits per heavy atom. The number of nitrogens with zero attached hydrogens (tertiary/aromatic N) is 1. The first-order valence-electron chi connectivity index (χ1n) is 8.62. The summed E-state index contributed by atoms with van der Waals surface area (Å²) in [4.78, 5) is 37.4. The van der Waals surface area contributed by atoms with E-state index < -0.39 is 17.1 Å². The monoisotopic (exact) mass is 455 g/mol. The van der Waals surface area contributed by atoms with E-state index in [0.717, 1.165) is 33.1 Å². The predicted octanol–water partition coefficient (Wildman–Crippen LogP) is 4.61. The Labute approximate surface area is 171 Å². The number of halogens is 1. The van der Waals surface area contributed by atoms with Crippen LogP contribution in [0.1, 0.15) is 39.7 Å². The van der Waals surface area contributed by atoms with Crippen molar-refractivity contribution in [3.8, 4) is 5.75 Å². The summed E-state index contributed by atoms with van der Waals surface area (Å²) in [7, 11) is 0. The van der Waals surface area contributed by atoms with Gasteiger partial charge in [0, 0.05) is 0 Å². The van der Waals surface area contributed by atoms with Crippen LogP contribution < -0.4 is 4.74 Å². The first-order valence-corrected chi connectivity index (χ1v) is 10.2. The SMILES string of the molecule is CC[C@H](C)Oc1ccc(/C=C2/SC(=O)N(CC(=O)OC(C)C)C2=O)cc1Br. The summed E-state index contributed by atoms with van der Waals surface area (Å²) in [6.45, 7) is 7.06. The maximum atomic E-state index is 12.4. The van der Waals surface area contributed by atoms with Crippen molar-refractivity contribution in [2.45, 2.75) is 46.3 Å². The van der Waals surface area contributed by atoms with Crippen LogP contribution in [0, 0.1) is 0 Å². The Balaban J connectivity index is 2.13. The van der Waals surface area contributed by atoms with Gasteiger partial charge >= 0.3 is 5.97 Å². The molecule has 0 aliphatic carbocycles. The molecule has 0 saturated carbocycles. The molecule has 0 aromatic heterocycles. The van der Waals surface area contributed by atoms with E-state index in [4.69, 9.17) is 9.47 Å². The Morgan fingerprint density at radius 3 is 2.59 bits per heavy atom. The molecule has 0 N–H and O–H groups in total. The second-order valence-corrected chi connectivity index (χ2v) is 8.18. The van der Waals surface area contributed by atoms with Crippen molar-refractivity contribution in [2.24, 2.45) is 0 Å². The third kappa shape index (κ3) is 5.84. The molecule has 1 aliphatic heterocycles. The van der Waals surface area contributed by atoms with Gasteiger partial charge in [-0.05, 0) is 78.7 Å². The van der Waals surface area contributed by atoms with Gasteiger partial charge in [-0.15, -0.1) is 0 Å². The van der Waals surface area contributed by atoms with Gasteiger partial charge in [-0.2, -0.15) is 0 Å². The van der Waals surface area contributed by atoms with Gasteiger partial charge in [-0.3, -0.25) is 19.3 Å². The van der Waals surface area contributed by atoms with Gasteiger partial charge in [0.2, 0.25) is 0 Å². The molecule has 1 saturated heterocycles. The van der Waals surface area contributed by atoms with Crippen LogP contribution >= 0.6 is 27.7 Å². The van der Waals surface area contributed by atoms with Gasteiger partial charge in [0.15, 0.2) is 0 Å². The van der Waals surface area contributed by atoms with E-state index in [2.05, 4.69) is 15.9 Å². The fourth-order valence-electron chi connectivity index (χ4n) is 2.22. The maximum absolute atomic E-state index is 12.4. The summed E-state index contributed by atoms with van der Waals surface area (Å²) in [5, 5.41) is -0.484. The van der Waals surface area contributed by atoms with Gasteiger partial charge in [0.05, 0.1) is 21.6 Å². The summed E-state index contributed by atoms with van der Waals surface area (Å²) in [6.07, 6.45) is 2.30. The summed E-state index contributed by atoms with van der Waals surface area (Å²) in [5.74, 6) is -0.393. The Kier molecular flexibility index (Phi) is 7.49. The maximum Gasteiger partial charge on any atom is 0.326 e. The Morgan fingerprint density at radius 1 is 1.30 bits per heavy atom. The predicted molar refractivity (Wildman–Crippen MR) is 108 cm³/mol. The van der Waals surface area contributed by atoms with Crippen LogP contribution in [0.15, 0.2) is 27.6 Å². The standard InChI is InChI=1S/C19H22BrNO5S/c1-5-12(4)26-15-7-6-13(8-14(15)20)9-16-18(23)21(19(24)27-16)10-17(22)25-11(2)3/h6-9,11-12H,5,10H2,1-4H3/b16-9+/t12-/m0/s1. The van der Waals surface area contributed by atoms with Gasteiger partial charge in [-0.25, -0.2) is 0 Å². The lowest BCUT2D eigenvalue weighted by atomic mass is 10.2. The normalized spacial score (nSPS) is 17.0. The lowest BCUT2D eigenvalue weighted by molar-refractivity contribution is -0.149. The summed E-state index contributed by atoms with van der Waals surface area (Å²) >= 11 is 4.27. The summed E-state index contributed by atoms with van der Waals surface area (Å²) in [5.41, 5.74) is 0.744. The molecule has 8 heteroatoms. The van der Waals surface area contributed by atoms with Crippen LogP contribution in [0.5, 0.6) is 5.75 Å². The lowest BCUT2D eigenvalue weighted by Crippen LogP contribution is -2.35. The number of thioether (sulfide) groups is 1. The van der Waals surface area contributed by atoms with Gasteiger partial charge in [0.1, 0.15) is 12.3 Å². The Bertz CT molecular complexity index is 777. The molecular weight excluding hydrogens is 434 g/mol. The molecule has 146 valence electrons. The highest BCUT2D eigenvalue weighted by Crippen LogP contribution is 2.34. The van der Waals surface area contributed by atoms with Crippen LogP contribution in [0.4, 0.5) is 4.79 Å². The van der Waals surface area contributed by atoms with Crippen molar-refractivity contribution < 1.29 is 23.9 Å². The van der Waals surface area contributed by atoms with E-state index in [-0.39, 0.29) is 23.7 Å². The number of amides is 2. The molecule has 1 aromatic rings. The number of ether oxygens (including phenoxy) is 2. The summed E-state index contributed by atoms with van der Waals surface area (Å²) < 4.78 is 11.6. The molecule has 1 aliphatic rings. The number of hydrogen-bond donors (Lipinski definition) is 0. The van der Waals surface area contributed by atoms with Gasteiger partial charge < -0.3 is 9.47 Å². The molecule has 1 atom stereocenters. The molecule has 2 amide bonds. The van der Waals surface area contributed by atoms with E-state index in [1.54, 1.807) is 19.9 Å². The van der Waals surface area contributed by atoms with E-state index >= 15 is 0 Å². The van der Waals surface area contributed by atoms with Crippen molar-refractivity contribution in [1.29, 1.82) is 0 Å². The topological polar surface area (TPSA) is 72.9 Å². The van der Waals surface area contributed by atoms with Crippen molar-refractivity contribution in [3.05, 3.63) is 33.1 Å². The van der Waals surface area contributed by atoms with Crippen molar-refractivity contribution in [1.82, 2.24) is 4.90 Å². The molecule has 27 heavy (non-hydrogen) atoms. The average Bonchev–Trinajstić information content (AvgIpc) is 2.84. The molecule has 2 rings (SSSR count). The van der Waals surface area contributed by atoms with Crippen LogP contribution in [0.25, 0.3) is 6.08 Å². The Hall–Kier alpha value is -1.80. The molecule has 1 fully saturated rings. The molecule has 6 nitrogen and oxygen atoms in total. The van der Waals surface area contributed by atoms with E-state index in [9.17, 15) is 14.4 Å². The van der Waals surface area contributed by atoms with Crippen LogP contribution in [0.2, 0.25) is 0 Å². The number of benzene rings is 1. The number of hydrogen-bond acceptors (Lipinski definition) is 6. The minimum atomic E-state index is -0.608. The third-order valence-corrected chi connectivity index (χ3v) is 5.21. The van der Waals surface area contributed by atoms with Crippen LogP contribution in [0.3, 0.4) is 0 Å². The zero-order valence-corrected chi connectivity index (χ0v) is 18.1. The average molecular weight is 456 g/mol. The lowest BCUT2D eigenvalue weighted by Gasteiger charge is -2.14. The van der Waals surface area contributed by atoms with Crippen LogP contribution in [-0.4, -0.2) is 40.8 Å². The first-order chi connectivity index (χ1) is 12.7. The molecule has 0 radical (unpaired) electrons. The number of imide groups is 1. The highest BCUT2D eigenvalue weighted by molar-refractivity contribution is 9.10. The van der Waals surface area contributed by atoms with E-state index in [0.29, 0.717) is 5.75 Å². The minimum absolute atomic E-state index is 0.0919. The van der Waals surface area contributed by atoms with Gasteiger partial charge in [0.25, 0.3) is 11.1 Å². The minimum Gasteiger partial charge on any atom is -0.490 e. The van der Waals surface area contributed by atoms with Crippen LogP contribution in [-0.2, 0) is 14.3 Å². The number of carbonyl (C=O) groups is 3. The van der Waals surface area contributed by atoms with Crippen molar-refractivity contribution in [3.63, 3.8) is 0 Å². The number of esters is 1. The quantitative estimate of drug-likeness (QED) is 0.441. The molecule has 0 bridgehead atoms. The molecular formula is C19H22BrNO5S. The zero-order valence-electron chi connectivity index (χ0n) is 15.7. The highest BCUT2D eigenvalue weighted by atomic mass is 79.9. The first kappa shape index (κ1) is 21.5. The summed E-state index contributed by atoms with van der Waals surface area (Å²) in [6, 6.07) is 5.44. The van der Waals surface area contributed by atoms with E-state index in [1.807, 2.05) is 32.0 Å². The molecule has 0 unspecified atom stereocenters.